The maximum Gasteiger partial charge on any atom is 0.119 e. The predicted octanol–water partition coefficient (Wildman–Crippen LogP) is 5.50. The average Bonchev–Trinajstić information content (AvgIpc) is 2.95. The van der Waals surface area contributed by atoms with Gasteiger partial charge in [-0.2, -0.15) is 0 Å². The number of hydrogen-bond acceptors (Lipinski definition) is 4. The number of benzene rings is 4. The second-order valence-electron chi connectivity index (χ2n) is 9.42. The second kappa shape index (κ2) is 12.0. The van der Waals surface area contributed by atoms with Gasteiger partial charge in [0.25, 0.3) is 0 Å². The lowest BCUT2D eigenvalue weighted by Gasteiger charge is -2.40. The number of rotatable bonds is 9. The monoisotopic (exact) mass is 478 g/mol. The number of aliphatic hydroxyl groups excluding tert-OH is 1. The molecule has 0 bridgehead atoms. The Labute approximate surface area is 214 Å². The molecule has 1 heterocycles. The highest BCUT2D eigenvalue weighted by molar-refractivity contribution is 5.63. The van der Waals surface area contributed by atoms with E-state index in [0.717, 1.165) is 37.5 Å². The molecular weight excluding hydrogens is 444 g/mol. The summed E-state index contributed by atoms with van der Waals surface area (Å²) >= 11 is 0. The first-order valence-corrected chi connectivity index (χ1v) is 12.8. The van der Waals surface area contributed by atoms with E-state index in [1.54, 1.807) is 0 Å². The summed E-state index contributed by atoms with van der Waals surface area (Å²) in [6.07, 6.45) is -0.524. The van der Waals surface area contributed by atoms with Crippen molar-refractivity contribution in [1.82, 2.24) is 9.80 Å². The Bertz CT molecular complexity index is 1140. The first kappa shape index (κ1) is 24.3. The topological polar surface area (TPSA) is 35.9 Å². The van der Waals surface area contributed by atoms with Gasteiger partial charge in [-0.1, -0.05) is 103 Å². The largest absolute Gasteiger partial charge is 0.491 e. The molecule has 1 unspecified atom stereocenters. The molecule has 1 aliphatic heterocycles. The molecule has 1 saturated heterocycles. The molecule has 1 atom stereocenters. The number of β-amino-alcohol motifs (C(OH)–C–C–N with tert-alkyl or cyclic N) is 1. The molecule has 0 aromatic heterocycles. The zero-order valence-electron chi connectivity index (χ0n) is 20.6. The molecule has 0 aliphatic carbocycles. The van der Waals surface area contributed by atoms with Gasteiger partial charge in [0.05, 0.1) is 6.04 Å². The third-order valence-corrected chi connectivity index (χ3v) is 6.88. The van der Waals surface area contributed by atoms with Crippen molar-refractivity contribution in [2.45, 2.75) is 12.1 Å². The summed E-state index contributed by atoms with van der Waals surface area (Å²) in [6, 6.07) is 40.1. The molecule has 5 rings (SSSR count). The van der Waals surface area contributed by atoms with Gasteiger partial charge in [-0.15, -0.1) is 0 Å². The molecule has 4 nitrogen and oxygen atoms in total. The van der Waals surface area contributed by atoms with Crippen molar-refractivity contribution in [3.8, 4) is 16.9 Å². The lowest BCUT2D eigenvalue weighted by Crippen LogP contribution is -2.50. The van der Waals surface area contributed by atoms with Crippen molar-refractivity contribution < 1.29 is 9.84 Å². The minimum Gasteiger partial charge on any atom is -0.491 e. The summed E-state index contributed by atoms with van der Waals surface area (Å²) in [5.74, 6) is 0.784. The van der Waals surface area contributed by atoms with Crippen LogP contribution in [0.25, 0.3) is 11.1 Å². The van der Waals surface area contributed by atoms with Gasteiger partial charge in [0.15, 0.2) is 0 Å². The molecule has 1 fully saturated rings. The zero-order valence-corrected chi connectivity index (χ0v) is 20.6. The molecule has 0 saturated carbocycles. The fraction of sp³-hybridized carbons (Fsp3) is 0.250. The van der Waals surface area contributed by atoms with Gasteiger partial charge in [-0.3, -0.25) is 9.80 Å². The molecule has 0 radical (unpaired) electrons. The Morgan fingerprint density at radius 3 is 1.67 bits per heavy atom. The standard InChI is InChI=1S/C32H34N2O2/c35-30(25-36-31-18-16-27(17-19-31)26-10-4-1-5-11-26)24-33-20-22-34(23-21-33)32(28-12-6-2-7-13-28)29-14-8-3-9-15-29/h1-19,30,32,35H,20-25H2. The van der Waals surface area contributed by atoms with Crippen LogP contribution in [-0.2, 0) is 0 Å². The Hall–Kier alpha value is -3.44. The minimum absolute atomic E-state index is 0.252. The van der Waals surface area contributed by atoms with Crippen molar-refractivity contribution in [3.63, 3.8) is 0 Å². The van der Waals surface area contributed by atoms with E-state index in [1.165, 1.54) is 16.7 Å². The van der Waals surface area contributed by atoms with E-state index < -0.39 is 6.10 Å². The molecule has 184 valence electrons. The van der Waals surface area contributed by atoms with Gasteiger partial charge in [0, 0.05) is 32.7 Å². The normalized spacial score (nSPS) is 15.6. The van der Waals surface area contributed by atoms with E-state index in [2.05, 4.69) is 94.7 Å². The van der Waals surface area contributed by atoms with Crippen molar-refractivity contribution in [3.05, 3.63) is 126 Å². The third-order valence-electron chi connectivity index (χ3n) is 6.88. The Morgan fingerprint density at radius 2 is 1.11 bits per heavy atom. The van der Waals surface area contributed by atoms with E-state index >= 15 is 0 Å². The number of hydrogen-bond donors (Lipinski definition) is 1. The molecular formula is C32H34N2O2. The number of aliphatic hydroxyl groups is 1. The van der Waals surface area contributed by atoms with Crippen LogP contribution in [0.1, 0.15) is 17.2 Å². The van der Waals surface area contributed by atoms with Gasteiger partial charge in [-0.05, 0) is 34.4 Å². The molecule has 4 aromatic rings. The number of ether oxygens (including phenoxy) is 1. The molecule has 4 aromatic carbocycles. The van der Waals surface area contributed by atoms with Crippen LogP contribution in [0.2, 0.25) is 0 Å². The van der Waals surface area contributed by atoms with Gasteiger partial charge >= 0.3 is 0 Å². The van der Waals surface area contributed by atoms with Crippen molar-refractivity contribution in [2.24, 2.45) is 0 Å². The Kier molecular flexibility index (Phi) is 8.09. The van der Waals surface area contributed by atoms with Gasteiger partial charge in [0.2, 0.25) is 0 Å². The summed E-state index contributed by atoms with van der Waals surface area (Å²) in [5, 5.41) is 10.6. The average molecular weight is 479 g/mol. The summed E-state index contributed by atoms with van der Waals surface area (Å²) in [7, 11) is 0. The SMILES string of the molecule is OC(COc1ccc(-c2ccccc2)cc1)CN1CCN(C(c2ccccc2)c2ccccc2)CC1. The van der Waals surface area contributed by atoms with Crippen LogP contribution >= 0.6 is 0 Å². The fourth-order valence-corrected chi connectivity index (χ4v) is 5.01. The third kappa shape index (κ3) is 6.21. The smallest absolute Gasteiger partial charge is 0.119 e. The minimum atomic E-state index is -0.524. The van der Waals surface area contributed by atoms with E-state index in [1.807, 2.05) is 30.3 Å². The van der Waals surface area contributed by atoms with E-state index in [0.29, 0.717) is 13.2 Å². The molecule has 0 amide bonds. The molecule has 0 spiro atoms. The molecule has 36 heavy (non-hydrogen) atoms. The maximum atomic E-state index is 10.6. The van der Waals surface area contributed by atoms with Crippen LogP contribution in [0, 0.1) is 0 Å². The Morgan fingerprint density at radius 1 is 0.611 bits per heavy atom. The first-order chi connectivity index (χ1) is 17.8. The van der Waals surface area contributed by atoms with Crippen LogP contribution < -0.4 is 4.74 Å². The quantitative estimate of drug-likeness (QED) is 0.345. The van der Waals surface area contributed by atoms with Crippen LogP contribution in [0.15, 0.2) is 115 Å². The number of piperazine rings is 1. The predicted molar refractivity (Wildman–Crippen MR) is 146 cm³/mol. The highest BCUT2D eigenvalue weighted by Crippen LogP contribution is 2.29. The van der Waals surface area contributed by atoms with Crippen molar-refractivity contribution >= 4 is 0 Å². The van der Waals surface area contributed by atoms with Gasteiger partial charge in [0.1, 0.15) is 18.5 Å². The first-order valence-electron chi connectivity index (χ1n) is 12.8. The van der Waals surface area contributed by atoms with Crippen LogP contribution in [0.5, 0.6) is 5.75 Å². The van der Waals surface area contributed by atoms with E-state index in [4.69, 9.17) is 4.74 Å². The second-order valence-corrected chi connectivity index (χ2v) is 9.42. The molecule has 4 heteroatoms. The summed E-state index contributed by atoms with van der Waals surface area (Å²) in [5.41, 5.74) is 4.99. The summed E-state index contributed by atoms with van der Waals surface area (Å²) < 4.78 is 5.89. The van der Waals surface area contributed by atoms with Crippen LogP contribution in [-0.4, -0.2) is 60.3 Å². The summed E-state index contributed by atoms with van der Waals surface area (Å²) in [6.45, 7) is 4.70. The zero-order chi connectivity index (χ0) is 24.6. The van der Waals surface area contributed by atoms with E-state index in [9.17, 15) is 5.11 Å². The lowest BCUT2D eigenvalue weighted by atomic mass is 9.96. The van der Waals surface area contributed by atoms with Crippen molar-refractivity contribution in [1.29, 1.82) is 0 Å². The molecule has 1 aliphatic rings. The van der Waals surface area contributed by atoms with Gasteiger partial charge in [-0.25, -0.2) is 0 Å². The Balaban J connectivity index is 1.12. The van der Waals surface area contributed by atoms with Crippen LogP contribution in [0.3, 0.4) is 0 Å². The van der Waals surface area contributed by atoms with Crippen molar-refractivity contribution in [2.75, 3.05) is 39.3 Å². The molecule has 1 N–H and O–H groups in total. The maximum absolute atomic E-state index is 10.6. The highest BCUT2D eigenvalue weighted by Gasteiger charge is 2.27. The fourth-order valence-electron chi connectivity index (χ4n) is 5.01. The lowest BCUT2D eigenvalue weighted by molar-refractivity contribution is 0.0401. The highest BCUT2D eigenvalue weighted by atomic mass is 16.5. The van der Waals surface area contributed by atoms with E-state index in [-0.39, 0.29) is 6.04 Å². The van der Waals surface area contributed by atoms with Gasteiger partial charge < -0.3 is 9.84 Å². The van der Waals surface area contributed by atoms with Crippen LogP contribution in [0.4, 0.5) is 0 Å². The number of nitrogens with zero attached hydrogens (tertiary/aromatic N) is 2. The summed E-state index contributed by atoms with van der Waals surface area (Å²) in [4.78, 5) is 4.90.